The molecule has 2 heterocycles. The average Bonchev–Trinajstić information content (AvgIpc) is 2.89. The van der Waals surface area contributed by atoms with Crippen LogP contribution in [0.25, 0.3) is 10.9 Å². The van der Waals surface area contributed by atoms with E-state index >= 15 is 0 Å². The van der Waals surface area contributed by atoms with Crippen LogP contribution in [-0.4, -0.2) is 44.5 Å². The Kier molecular flexibility index (Phi) is 5.87. The Bertz CT molecular complexity index is 665. The van der Waals surface area contributed by atoms with Gasteiger partial charge in [-0.25, -0.2) is 4.39 Å². The topological polar surface area (TPSA) is 46.3 Å². The lowest BCUT2D eigenvalue weighted by molar-refractivity contribution is 0.0377. The summed E-state index contributed by atoms with van der Waals surface area (Å²) in [4.78, 5) is 3.29. The number of hydrogen-bond acceptors (Lipinski definition) is 3. The molecule has 0 amide bonds. The quantitative estimate of drug-likeness (QED) is 0.817. The predicted molar refractivity (Wildman–Crippen MR) is 93.9 cm³/mol. The number of hydrogen-bond donors (Lipinski definition) is 2. The molecule has 0 saturated carbocycles. The van der Waals surface area contributed by atoms with Crippen molar-refractivity contribution >= 4 is 10.9 Å². The van der Waals surface area contributed by atoms with Gasteiger partial charge in [0.15, 0.2) is 0 Å². The molecule has 2 N–H and O–H groups in total. The van der Waals surface area contributed by atoms with Crippen molar-refractivity contribution < 1.29 is 13.9 Å². The molecule has 0 bridgehead atoms. The van der Waals surface area contributed by atoms with Gasteiger partial charge in [-0.1, -0.05) is 0 Å². The maximum Gasteiger partial charge on any atom is 0.125 e. The van der Waals surface area contributed by atoms with Gasteiger partial charge in [0.25, 0.3) is 0 Å². The lowest BCUT2D eigenvalue weighted by Gasteiger charge is -2.30. The first kappa shape index (κ1) is 17.4. The van der Waals surface area contributed by atoms with E-state index in [1.54, 1.807) is 13.2 Å². The highest BCUT2D eigenvalue weighted by molar-refractivity contribution is 5.84. The highest BCUT2D eigenvalue weighted by Gasteiger charge is 2.23. The molecule has 1 saturated heterocycles. The second-order valence-corrected chi connectivity index (χ2v) is 6.63. The first-order valence-electron chi connectivity index (χ1n) is 8.76. The molecule has 5 heteroatoms. The van der Waals surface area contributed by atoms with Crippen molar-refractivity contribution in [2.24, 2.45) is 5.92 Å². The van der Waals surface area contributed by atoms with E-state index in [0.717, 1.165) is 62.2 Å². The molecular formula is C19H27FN2O2. The van der Waals surface area contributed by atoms with Crippen molar-refractivity contribution in [3.8, 4) is 0 Å². The van der Waals surface area contributed by atoms with Gasteiger partial charge in [0.1, 0.15) is 5.82 Å². The van der Waals surface area contributed by atoms with E-state index in [9.17, 15) is 4.39 Å². The molecule has 4 nitrogen and oxygen atoms in total. The molecule has 1 aromatic carbocycles. The van der Waals surface area contributed by atoms with Crippen LogP contribution in [0.4, 0.5) is 4.39 Å². The third-order valence-corrected chi connectivity index (χ3v) is 5.04. The van der Waals surface area contributed by atoms with Crippen LogP contribution in [0.3, 0.4) is 0 Å². The van der Waals surface area contributed by atoms with E-state index in [1.165, 1.54) is 11.6 Å². The zero-order valence-electron chi connectivity index (χ0n) is 14.5. The van der Waals surface area contributed by atoms with Crippen LogP contribution in [0.1, 0.15) is 24.1 Å². The lowest BCUT2D eigenvalue weighted by atomic mass is 9.92. The van der Waals surface area contributed by atoms with Gasteiger partial charge in [0.2, 0.25) is 0 Å². The number of methoxy groups -OCH3 is 1. The highest BCUT2D eigenvalue weighted by Crippen LogP contribution is 2.24. The SMILES string of the molecule is COCC(NCCc1c(C)[nH]c2cc(F)ccc12)C1CCOCC1. The van der Waals surface area contributed by atoms with E-state index in [0.29, 0.717) is 12.0 Å². The molecule has 0 radical (unpaired) electrons. The number of rotatable bonds is 7. The number of aromatic nitrogens is 1. The smallest absolute Gasteiger partial charge is 0.125 e. The molecule has 2 aromatic rings. The Morgan fingerprint density at radius 2 is 2.17 bits per heavy atom. The van der Waals surface area contributed by atoms with Gasteiger partial charge in [-0.2, -0.15) is 0 Å². The molecule has 1 aliphatic heterocycles. The minimum Gasteiger partial charge on any atom is -0.383 e. The van der Waals surface area contributed by atoms with E-state index in [4.69, 9.17) is 9.47 Å². The van der Waals surface area contributed by atoms with E-state index < -0.39 is 0 Å². The van der Waals surface area contributed by atoms with E-state index in [-0.39, 0.29) is 5.82 Å². The molecule has 3 rings (SSSR count). The second-order valence-electron chi connectivity index (χ2n) is 6.63. The molecule has 0 spiro atoms. The zero-order valence-corrected chi connectivity index (χ0v) is 14.5. The van der Waals surface area contributed by atoms with Gasteiger partial charge >= 0.3 is 0 Å². The van der Waals surface area contributed by atoms with Gasteiger partial charge < -0.3 is 19.8 Å². The molecule has 132 valence electrons. The Hall–Kier alpha value is -1.43. The Balaban J connectivity index is 1.63. The number of benzene rings is 1. The minimum absolute atomic E-state index is 0.201. The Morgan fingerprint density at radius 1 is 1.38 bits per heavy atom. The van der Waals surface area contributed by atoms with Crippen molar-refractivity contribution in [3.05, 3.63) is 35.3 Å². The summed E-state index contributed by atoms with van der Waals surface area (Å²) in [5.74, 6) is 0.407. The monoisotopic (exact) mass is 334 g/mol. The molecular weight excluding hydrogens is 307 g/mol. The lowest BCUT2D eigenvalue weighted by Crippen LogP contribution is -2.43. The molecule has 1 aromatic heterocycles. The summed E-state index contributed by atoms with van der Waals surface area (Å²) < 4.78 is 24.2. The zero-order chi connectivity index (χ0) is 16.9. The molecule has 24 heavy (non-hydrogen) atoms. The van der Waals surface area contributed by atoms with Gasteiger partial charge in [0, 0.05) is 43.0 Å². The maximum atomic E-state index is 13.4. The maximum absolute atomic E-state index is 13.4. The van der Waals surface area contributed by atoms with Crippen molar-refractivity contribution in [1.82, 2.24) is 10.3 Å². The highest BCUT2D eigenvalue weighted by atomic mass is 19.1. The summed E-state index contributed by atoms with van der Waals surface area (Å²) in [5, 5.41) is 4.78. The van der Waals surface area contributed by atoms with Gasteiger partial charge in [-0.3, -0.25) is 0 Å². The van der Waals surface area contributed by atoms with E-state index in [1.807, 2.05) is 6.07 Å². The Labute approximate surface area is 142 Å². The molecule has 1 atom stereocenters. The fourth-order valence-electron chi connectivity index (χ4n) is 3.73. The number of aromatic amines is 1. The largest absolute Gasteiger partial charge is 0.383 e. The number of aryl methyl sites for hydroxylation is 1. The van der Waals surface area contributed by atoms with Gasteiger partial charge in [-0.05, 0) is 62.4 Å². The average molecular weight is 334 g/mol. The van der Waals surface area contributed by atoms with Crippen LogP contribution in [0.5, 0.6) is 0 Å². The number of ether oxygens (including phenoxy) is 2. The fraction of sp³-hybridized carbons (Fsp3) is 0.579. The minimum atomic E-state index is -0.201. The standard InChI is InChI=1S/C19H27FN2O2/c1-13-16(17-4-3-15(20)11-18(17)22-13)5-8-21-19(12-23-2)14-6-9-24-10-7-14/h3-4,11,14,19,21-22H,5-10,12H2,1-2H3. The first-order valence-corrected chi connectivity index (χ1v) is 8.76. The van der Waals surface area contributed by atoms with Crippen molar-refractivity contribution in [3.63, 3.8) is 0 Å². The van der Waals surface area contributed by atoms with Gasteiger partial charge in [0.05, 0.1) is 6.61 Å². The Morgan fingerprint density at radius 3 is 2.92 bits per heavy atom. The van der Waals surface area contributed by atoms with Crippen LogP contribution < -0.4 is 5.32 Å². The van der Waals surface area contributed by atoms with Crippen LogP contribution in [0, 0.1) is 18.7 Å². The second kappa shape index (κ2) is 8.10. The van der Waals surface area contributed by atoms with Crippen LogP contribution in [-0.2, 0) is 15.9 Å². The molecule has 1 aliphatic rings. The molecule has 1 fully saturated rings. The van der Waals surface area contributed by atoms with Crippen LogP contribution in [0.2, 0.25) is 0 Å². The van der Waals surface area contributed by atoms with Crippen LogP contribution in [0.15, 0.2) is 18.2 Å². The predicted octanol–water partition coefficient (Wildman–Crippen LogP) is 3.19. The first-order chi connectivity index (χ1) is 11.7. The third kappa shape index (κ3) is 3.97. The normalized spacial score (nSPS) is 17.5. The van der Waals surface area contributed by atoms with Crippen molar-refractivity contribution in [1.29, 1.82) is 0 Å². The number of halogens is 1. The summed E-state index contributed by atoms with van der Waals surface area (Å²) in [5.41, 5.74) is 3.26. The third-order valence-electron chi connectivity index (χ3n) is 5.04. The van der Waals surface area contributed by atoms with Gasteiger partial charge in [-0.15, -0.1) is 0 Å². The van der Waals surface area contributed by atoms with Crippen molar-refractivity contribution in [2.45, 2.75) is 32.2 Å². The van der Waals surface area contributed by atoms with Crippen molar-refractivity contribution in [2.75, 3.05) is 33.5 Å². The van der Waals surface area contributed by atoms with Crippen LogP contribution >= 0.6 is 0 Å². The summed E-state index contributed by atoms with van der Waals surface area (Å²) in [6.45, 7) is 5.36. The molecule has 0 aliphatic carbocycles. The summed E-state index contributed by atoms with van der Waals surface area (Å²) in [6.07, 6.45) is 3.10. The summed E-state index contributed by atoms with van der Waals surface area (Å²) in [6, 6.07) is 5.33. The number of H-pyrrole nitrogens is 1. The summed E-state index contributed by atoms with van der Waals surface area (Å²) in [7, 11) is 1.76. The van der Waals surface area contributed by atoms with E-state index in [2.05, 4.69) is 17.2 Å². The number of fused-ring (bicyclic) bond motifs is 1. The summed E-state index contributed by atoms with van der Waals surface area (Å²) >= 11 is 0. The fourth-order valence-corrected chi connectivity index (χ4v) is 3.73. The number of nitrogens with one attached hydrogen (secondary N) is 2. The molecule has 1 unspecified atom stereocenters.